The first-order chi connectivity index (χ1) is 17.4. The van der Waals surface area contributed by atoms with Crippen molar-refractivity contribution in [1.29, 1.82) is 0 Å². The maximum absolute atomic E-state index is 12.4. The molecular weight excluding hydrogens is 472 g/mol. The topological polar surface area (TPSA) is 124 Å². The molecule has 0 fully saturated rings. The fraction of sp³-hybridized carbons (Fsp3) is 0.0769. The quantitative estimate of drug-likeness (QED) is 0.140. The molecule has 0 aliphatic rings. The predicted octanol–water partition coefficient (Wildman–Crippen LogP) is 4.34. The Morgan fingerprint density at radius 2 is 1.06 bits per heavy atom. The molecule has 36 heavy (non-hydrogen) atoms. The van der Waals surface area contributed by atoms with Crippen LogP contribution in [0.3, 0.4) is 0 Å². The van der Waals surface area contributed by atoms with Crippen LogP contribution in [0, 0.1) is 0 Å². The Morgan fingerprint density at radius 3 is 1.50 bits per heavy atom. The average Bonchev–Trinajstić information content (AvgIpc) is 2.90. The van der Waals surface area contributed by atoms with E-state index in [-0.39, 0.29) is 22.8 Å². The Balaban J connectivity index is 1.49. The lowest BCUT2D eigenvalue weighted by atomic mass is 10.2. The second-order valence-corrected chi connectivity index (χ2v) is 6.79. The number of carbonyl (C=O) groups excluding carboxylic acids is 4. The fourth-order valence-corrected chi connectivity index (χ4v) is 2.61. The number of esters is 3. The Hall–Kier alpha value is -5.12. The minimum Gasteiger partial charge on any atom is -0.497 e. The van der Waals surface area contributed by atoms with Crippen LogP contribution in [0.15, 0.2) is 85.5 Å². The molecule has 3 aromatic rings. The zero-order valence-corrected chi connectivity index (χ0v) is 19.0. The number of hydrogen-bond donors (Lipinski definition) is 0. The van der Waals surface area contributed by atoms with Crippen LogP contribution < -0.4 is 18.9 Å². The normalized spacial score (nSPS) is 9.92. The summed E-state index contributed by atoms with van der Waals surface area (Å²) in [5.41, 5.74) is 0.536. The zero-order valence-electron chi connectivity index (χ0n) is 19.0. The smallest absolute Gasteiger partial charge is 0.497 e. The SMILES string of the molecule is C=CC(=O)OCOC(=O)Oc1ccc(C(=O)Oc2ccc(OC(=O)c3ccc(OC)cc3)cc2)cc1. The number of ether oxygens (including phenoxy) is 6. The second-order valence-electron chi connectivity index (χ2n) is 6.79. The molecule has 0 amide bonds. The molecule has 184 valence electrons. The van der Waals surface area contributed by atoms with Crippen molar-refractivity contribution in [3.8, 4) is 23.0 Å². The number of benzene rings is 3. The molecule has 0 radical (unpaired) electrons. The molecule has 0 spiro atoms. The molecule has 0 N–H and O–H groups in total. The minimum absolute atomic E-state index is 0.0922. The monoisotopic (exact) mass is 492 g/mol. The molecular formula is C26H20O10. The first-order valence-electron chi connectivity index (χ1n) is 10.3. The lowest BCUT2D eigenvalue weighted by Crippen LogP contribution is -2.15. The van der Waals surface area contributed by atoms with Crippen LogP contribution in [-0.4, -0.2) is 38.0 Å². The van der Waals surface area contributed by atoms with E-state index in [1.807, 2.05) is 0 Å². The van der Waals surface area contributed by atoms with Crippen LogP contribution in [0.5, 0.6) is 23.0 Å². The largest absolute Gasteiger partial charge is 0.516 e. The summed E-state index contributed by atoms with van der Waals surface area (Å²) < 4.78 is 29.6. The minimum atomic E-state index is -1.10. The van der Waals surface area contributed by atoms with Gasteiger partial charge >= 0.3 is 24.1 Å². The van der Waals surface area contributed by atoms with Gasteiger partial charge in [0.05, 0.1) is 18.2 Å². The third kappa shape index (κ3) is 7.45. The molecule has 3 aromatic carbocycles. The summed E-state index contributed by atoms with van der Waals surface area (Å²) >= 11 is 0. The lowest BCUT2D eigenvalue weighted by Gasteiger charge is -2.08. The van der Waals surface area contributed by atoms with Gasteiger partial charge in [0.25, 0.3) is 0 Å². The van der Waals surface area contributed by atoms with Crippen LogP contribution in [0.2, 0.25) is 0 Å². The number of hydrogen-bond acceptors (Lipinski definition) is 10. The summed E-state index contributed by atoms with van der Waals surface area (Å²) in [7, 11) is 1.53. The summed E-state index contributed by atoms with van der Waals surface area (Å²) in [6.45, 7) is 2.57. The van der Waals surface area contributed by atoms with E-state index in [1.165, 1.54) is 55.6 Å². The average molecular weight is 492 g/mol. The van der Waals surface area contributed by atoms with Crippen molar-refractivity contribution < 1.29 is 47.6 Å². The van der Waals surface area contributed by atoms with Crippen LogP contribution >= 0.6 is 0 Å². The predicted molar refractivity (Wildman–Crippen MR) is 124 cm³/mol. The highest BCUT2D eigenvalue weighted by Gasteiger charge is 2.13. The van der Waals surface area contributed by atoms with Gasteiger partial charge < -0.3 is 28.4 Å². The van der Waals surface area contributed by atoms with Gasteiger partial charge in [0.15, 0.2) is 0 Å². The molecule has 0 unspecified atom stereocenters. The van der Waals surface area contributed by atoms with Gasteiger partial charge in [-0.05, 0) is 72.8 Å². The highest BCUT2D eigenvalue weighted by atomic mass is 16.8. The molecule has 0 aliphatic heterocycles. The van der Waals surface area contributed by atoms with E-state index in [0.29, 0.717) is 11.3 Å². The van der Waals surface area contributed by atoms with Crippen molar-refractivity contribution in [2.75, 3.05) is 13.9 Å². The Bertz CT molecular complexity index is 1230. The standard InChI is InChI=1S/C26H20O10/c1-3-23(27)32-16-33-26(30)36-22-10-6-18(7-11-22)25(29)35-21-14-12-20(13-15-21)34-24(28)17-4-8-19(31-2)9-5-17/h3-15H,1,16H2,2H3. The molecule has 0 saturated heterocycles. The maximum Gasteiger partial charge on any atom is 0.516 e. The molecule has 0 saturated carbocycles. The van der Waals surface area contributed by atoms with Crippen LogP contribution in [-0.2, 0) is 14.3 Å². The summed E-state index contributed by atoms with van der Waals surface area (Å²) in [4.78, 5) is 47.0. The van der Waals surface area contributed by atoms with Crippen LogP contribution in [0.4, 0.5) is 4.79 Å². The van der Waals surface area contributed by atoms with E-state index >= 15 is 0 Å². The number of methoxy groups -OCH3 is 1. The number of rotatable bonds is 9. The van der Waals surface area contributed by atoms with Gasteiger partial charge in [0.2, 0.25) is 6.79 Å². The third-order valence-electron chi connectivity index (χ3n) is 4.41. The second kappa shape index (κ2) is 12.4. The molecule has 0 bridgehead atoms. The third-order valence-corrected chi connectivity index (χ3v) is 4.41. The summed E-state index contributed by atoms with van der Waals surface area (Å²) in [6.07, 6.45) is -0.186. The van der Waals surface area contributed by atoms with E-state index < -0.39 is 30.9 Å². The molecule has 0 atom stereocenters. The van der Waals surface area contributed by atoms with Crippen molar-refractivity contribution in [1.82, 2.24) is 0 Å². The Morgan fingerprint density at radius 1 is 0.639 bits per heavy atom. The molecule has 10 nitrogen and oxygen atoms in total. The van der Waals surface area contributed by atoms with Crippen molar-refractivity contribution in [3.05, 3.63) is 96.6 Å². The van der Waals surface area contributed by atoms with Crippen LogP contribution in [0.1, 0.15) is 20.7 Å². The molecule has 0 aromatic heterocycles. The first kappa shape index (κ1) is 25.5. The Labute approximate surface area is 205 Å². The summed E-state index contributed by atoms with van der Waals surface area (Å²) in [6, 6.07) is 17.8. The molecule has 0 aliphatic carbocycles. The van der Waals surface area contributed by atoms with Gasteiger partial charge in [-0.1, -0.05) is 6.58 Å². The maximum atomic E-state index is 12.4. The van der Waals surface area contributed by atoms with E-state index in [2.05, 4.69) is 16.1 Å². The highest BCUT2D eigenvalue weighted by molar-refractivity contribution is 5.92. The van der Waals surface area contributed by atoms with E-state index in [4.69, 9.17) is 18.9 Å². The van der Waals surface area contributed by atoms with Crippen molar-refractivity contribution in [2.45, 2.75) is 0 Å². The van der Waals surface area contributed by atoms with Crippen molar-refractivity contribution >= 4 is 24.1 Å². The number of carbonyl (C=O) groups is 4. The highest BCUT2D eigenvalue weighted by Crippen LogP contribution is 2.21. The van der Waals surface area contributed by atoms with Gasteiger partial charge in [-0.2, -0.15) is 0 Å². The van der Waals surface area contributed by atoms with Gasteiger partial charge in [-0.25, -0.2) is 19.2 Å². The molecule has 3 rings (SSSR count). The van der Waals surface area contributed by atoms with Crippen molar-refractivity contribution in [3.63, 3.8) is 0 Å². The van der Waals surface area contributed by atoms with Gasteiger partial charge in [0.1, 0.15) is 23.0 Å². The van der Waals surface area contributed by atoms with Gasteiger partial charge in [-0.3, -0.25) is 0 Å². The Kier molecular flexibility index (Phi) is 8.76. The first-order valence-corrected chi connectivity index (χ1v) is 10.3. The molecule has 10 heteroatoms. The fourth-order valence-electron chi connectivity index (χ4n) is 2.61. The van der Waals surface area contributed by atoms with Crippen LogP contribution in [0.25, 0.3) is 0 Å². The van der Waals surface area contributed by atoms with E-state index in [0.717, 1.165) is 6.08 Å². The van der Waals surface area contributed by atoms with Crippen molar-refractivity contribution in [2.24, 2.45) is 0 Å². The summed E-state index contributed by atoms with van der Waals surface area (Å²) in [5, 5.41) is 0. The van der Waals surface area contributed by atoms with Gasteiger partial charge in [0, 0.05) is 6.08 Å². The van der Waals surface area contributed by atoms with E-state index in [9.17, 15) is 19.2 Å². The lowest BCUT2D eigenvalue weighted by molar-refractivity contribution is -0.146. The van der Waals surface area contributed by atoms with Gasteiger partial charge in [-0.15, -0.1) is 0 Å². The van der Waals surface area contributed by atoms with E-state index in [1.54, 1.807) is 24.3 Å². The summed E-state index contributed by atoms with van der Waals surface area (Å²) in [5.74, 6) is -0.768. The zero-order chi connectivity index (χ0) is 25.9. The molecule has 0 heterocycles.